The maximum Gasteiger partial charge on any atom is 0.159 e. The van der Waals surface area contributed by atoms with Crippen LogP contribution in [-0.4, -0.2) is 9.97 Å². The molecule has 0 bridgehead atoms. The molecule has 0 aliphatic carbocycles. The van der Waals surface area contributed by atoms with Gasteiger partial charge in [0.2, 0.25) is 0 Å². The number of halogens is 1. The summed E-state index contributed by atoms with van der Waals surface area (Å²) < 4.78 is 0. The summed E-state index contributed by atoms with van der Waals surface area (Å²) in [5.41, 5.74) is 3.16. The summed E-state index contributed by atoms with van der Waals surface area (Å²) >= 11 is 5.94. The zero-order valence-electron chi connectivity index (χ0n) is 9.89. The summed E-state index contributed by atoms with van der Waals surface area (Å²) in [5, 5.41) is 1.66. The van der Waals surface area contributed by atoms with Crippen molar-refractivity contribution in [3.63, 3.8) is 0 Å². The molecule has 0 saturated carbocycles. The van der Waals surface area contributed by atoms with Gasteiger partial charge in [0.1, 0.15) is 0 Å². The minimum Gasteiger partial charge on any atom is -0.236 e. The van der Waals surface area contributed by atoms with Crippen molar-refractivity contribution >= 4 is 22.5 Å². The Hall–Kier alpha value is -1.93. The molecular weight excluding hydrogens is 244 g/mol. The van der Waals surface area contributed by atoms with E-state index in [0.717, 1.165) is 22.3 Å². The largest absolute Gasteiger partial charge is 0.236 e. The van der Waals surface area contributed by atoms with E-state index in [1.54, 1.807) is 0 Å². The predicted molar refractivity (Wildman–Crippen MR) is 74.7 cm³/mol. The third-order valence-corrected chi connectivity index (χ3v) is 3.09. The van der Waals surface area contributed by atoms with Crippen LogP contribution < -0.4 is 0 Å². The van der Waals surface area contributed by atoms with Crippen molar-refractivity contribution in [2.24, 2.45) is 0 Å². The van der Waals surface area contributed by atoms with Gasteiger partial charge in [0.25, 0.3) is 0 Å². The van der Waals surface area contributed by atoms with Gasteiger partial charge in [-0.05, 0) is 25.1 Å². The van der Waals surface area contributed by atoms with E-state index in [2.05, 4.69) is 29.0 Å². The molecule has 1 heterocycles. The minimum atomic E-state index is 0.703. The maximum absolute atomic E-state index is 5.94. The summed E-state index contributed by atoms with van der Waals surface area (Å²) in [7, 11) is 0. The molecule has 0 spiro atoms. The van der Waals surface area contributed by atoms with Gasteiger partial charge >= 0.3 is 0 Å². The van der Waals surface area contributed by atoms with Crippen LogP contribution in [0.5, 0.6) is 0 Å². The molecule has 0 radical (unpaired) electrons. The molecule has 0 atom stereocenters. The second-order valence-electron chi connectivity index (χ2n) is 4.26. The van der Waals surface area contributed by atoms with E-state index in [1.807, 2.05) is 36.5 Å². The fourth-order valence-corrected chi connectivity index (χ4v) is 2.03. The van der Waals surface area contributed by atoms with Gasteiger partial charge in [-0.15, -0.1) is 0 Å². The molecule has 0 saturated heterocycles. The number of hydrogen-bond donors (Lipinski definition) is 0. The van der Waals surface area contributed by atoms with Gasteiger partial charge in [-0.25, -0.2) is 9.97 Å². The summed E-state index contributed by atoms with van der Waals surface area (Å²) in [6.45, 7) is 2.06. The number of aryl methyl sites for hydroxylation is 1. The first-order valence-electron chi connectivity index (χ1n) is 5.72. The lowest BCUT2D eigenvalue weighted by molar-refractivity contribution is 1.22. The normalized spacial score (nSPS) is 10.8. The number of benzene rings is 2. The lowest BCUT2D eigenvalue weighted by Crippen LogP contribution is -1.89. The van der Waals surface area contributed by atoms with Crippen LogP contribution in [0.15, 0.2) is 48.7 Å². The highest BCUT2D eigenvalue weighted by Crippen LogP contribution is 2.21. The van der Waals surface area contributed by atoms with Crippen molar-refractivity contribution in [3.05, 3.63) is 59.2 Å². The van der Waals surface area contributed by atoms with Crippen molar-refractivity contribution < 1.29 is 0 Å². The molecule has 0 aliphatic heterocycles. The van der Waals surface area contributed by atoms with Crippen molar-refractivity contribution in [2.75, 3.05) is 0 Å². The van der Waals surface area contributed by atoms with Crippen LogP contribution in [0.1, 0.15) is 5.56 Å². The highest BCUT2D eigenvalue weighted by molar-refractivity contribution is 6.31. The van der Waals surface area contributed by atoms with Crippen LogP contribution in [0.3, 0.4) is 0 Å². The standard InChI is InChI=1S/C15H11ClN2/c1-10-2-4-11(5-3-10)15-17-9-12-8-13(16)6-7-14(12)18-15/h2-9H,1H3. The van der Waals surface area contributed by atoms with E-state index in [1.165, 1.54) is 5.56 Å². The molecule has 88 valence electrons. The molecule has 0 aliphatic rings. The molecule has 3 aromatic rings. The van der Waals surface area contributed by atoms with Crippen molar-refractivity contribution in [1.29, 1.82) is 0 Å². The Bertz CT molecular complexity index is 705. The van der Waals surface area contributed by atoms with Gasteiger partial charge in [-0.3, -0.25) is 0 Å². The van der Waals surface area contributed by atoms with E-state index in [-0.39, 0.29) is 0 Å². The first kappa shape index (κ1) is 11.2. The number of fused-ring (bicyclic) bond motifs is 1. The average Bonchev–Trinajstić information content (AvgIpc) is 2.39. The fourth-order valence-electron chi connectivity index (χ4n) is 1.85. The summed E-state index contributed by atoms with van der Waals surface area (Å²) in [4.78, 5) is 8.92. The molecule has 0 unspecified atom stereocenters. The van der Waals surface area contributed by atoms with E-state index >= 15 is 0 Å². The third kappa shape index (κ3) is 2.07. The lowest BCUT2D eigenvalue weighted by atomic mass is 10.1. The second-order valence-corrected chi connectivity index (χ2v) is 4.70. The van der Waals surface area contributed by atoms with E-state index in [4.69, 9.17) is 11.6 Å². The quantitative estimate of drug-likeness (QED) is 0.648. The fraction of sp³-hybridized carbons (Fsp3) is 0.0667. The Balaban J connectivity index is 2.13. The molecule has 0 fully saturated rings. The van der Waals surface area contributed by atoms with Gasteiger partial charge in [0.05, 0.1) is 5.52 Å². The van der Waals surface area contributed by atoms with Crippen molar-refractivity contribution in [3.8, 4) is 11.4 Å². The Morgan fingerprint density at radius 1 is 1.00 bits per heavy atom. The molecule has 2 aromatic carbocycles. The number of nitrogens with zero attached hydrogens (tertiary/aromatic N) is 2. The first-order valence-corrected chi connectivity index (χ1v) is 6.09. The van der Waals surface area contributed by atoms with Crippen LogP contribution >= 0.6 is 11.6 Å². The van der Waals surface area contributed by atoms with E-state index in [0.29, 0.717) is 5.02 Å². The van der Waals surface area contributed by atoms with E-state index in [9.17, 15) is 0 Å². The number of aromatic nitrogens is 2. The maximum atomic E-state index is 5.94. The highest BCUT2D eigenvalue weighted by atomic mass is 35.5. The van der Waals surface area contributed by atoms with Crippen LogP contribution in [-0.2, 0) is 0 Å². The zero-order chi connectivity index (χ0) is 12.5. The Morgan fingerprint density at radius 3 is 2.56 bits per heavy atom. The smallest absolute Gasteiger partial charge is 0.159 e. The Kier molecular flexibility index (Phi) is 2.73. The van der Waals surface area contributed by atoms with E-state index < -0.39 is 0 Å². The molecule has 3 heteroatoms. The average molecular weight is 255 g/mol. The lowest BCUT2D eigenvalue weighted by Gasteiger charge is -2.03. The zero-order valence-corrected chi connectivity index (χ0v) is 10.6. The molecular formula is C15H11ClN2. The second kappa shape index (κ2) is 4.39. The topological polar surface area (TPSA) is 25.8 Å². The van der Waals surface area contributed by atoms with Crippen LogP contribution in [0, 0.1) is 6.92 Å². The SMILES string of the molecule is Cc1ccc(-c2ncc3cc(Cl)ccc3n2)cc1. The monoisotopic (exact) mass is 254 g/mol. The summed E-state index contributed by atoms with van der Waals surface area (Å²) in [5.74, 6) is 0.741. The number of hydrogen-bond acceptors (Lipinski definition) is 2. The first-order chi connectivity index (χ1) is 8.72. The van der Waals surface area contributed by atoms with Gasteiger partial charge in [-0.1, -0.05) is 41.4 Å². The van der Waals surface area contributed by atoms with Crippen molar-refractivity contribution in [2.45, 2.75) is 6.92 Å². The molecule has 0 N–H and O–H groups in total. The van der Waals surface area contributed by atoms with Crippen LogP contribution in [0.4, 0.5) is 0 Å². The van der Waals surface area contributed by atoms with Gasteiger partial charge in [-0.2, -0.15) is 0 Å². The van der Waals surface area contributed by atoms with Gasteiger partial charge in [0, 0.05) is 22.2 Å². The van der Waals surface area contributed by atoms with Crippen molar-refractivity contribution in [1.82, 2.24) is 9.97 Å². The molecule has 18 heavy (non-hydrogen) atoms. The summed E-state index contributed by atoms with van der Waals surface area (Å²) in [6.07, 6.45) is 1.81. The Labute approximate surface area is 110 Å². The minimum absolute atomic E-state index is 0.703. The molecule has 1 aromatic heterocycles. The molecule has 2 nitrogen and oxygen atoms in total. The highest BCUT2D eigenvalue weighted by Gasteiger charge is 2.03. The number of rotatable bonds is 1. The third-order valence-electron chi connectivity index (χ3n) is 2.85. The van der Waals surface area contributed by atoms with Gasteiger partial charge in [0.15, 0.2) is 5.82 Å². The van der Waals surface area contributed by atoms with Crippen LogP contribution in [0.2, 0.25) is 5.02 Å². The van der Waals surface area contributed by atoms with Gasteiger partial charge < -0.3 is 0 Å². The Morgan fingerprint density at radius 2 is 1.78 bits per heavy atom. The molecule has 3 rings (SSSR count). The summed E-state index contributed by atoms with van der Waals surface area (Å²) in [6, 6.07) is 13.8. The predicted octanol–water partition coefficient (Wildman–Crippen LogP) is 4.26. The van der Waals surface area contributed by atoms with Crippen LogP contribution in [0.25, 0.3) is 22.3 Å². The molecule has 0 amide bonds.